The Morgan fingerprint density at radius 2 is 1.86 bits per heavy atom. The molecule has 0 aromatic heterocycles. The number of Topliss-reactive ketones (excluding diaryl/α,β-unsaturated/α-hetero) is 1. The van der Waals surface area contributed by atoms with Crippen LogP contribution in [-0.4, -0.2) is 64.4 Å². The topological polar surface area (TPSA) is 87.7 Å². The first kappa shape index (κ1) is 25.7. The molecule has 2 aromatic carbocycles. The van der Waals surface area contributed by atoms with Crippen molar-refractivity contribution in [3.05, 3.63) is 59.7 Å². The van der Waals surface area contributed by atoms with Gasteiger partial charge in [0, 0.05) is 37.2 Å². The Kier molecular flexibility index (Phi) is 8.48. The summed E-state index contributed by atoms with van der Waals surface area (Å²) in [6.45, 7) is 5.74. The molecule has 2 fully saturated rings. The molecule has 7 nitrogen and oxygen atoms in total. The second kappa shape index (κ2) is 11.6. The van der Waals surface area contributed by atoms with Crippen molar-refractivity contribution in [1.29, 1.82) is 0 Å². The largest absolute Gasteiger partial charge is 0.379 e. The highest BCUT2D eigenvalue weighted by molar-refractivity contribution is 7.87. The van der Waals surface area contributed by atoms with E-state index < -0.39 is 26.6 Å². The van der Waals surface area contributed by atoms with Crippen molar-refractivity contribution >= 4 is 15.9 Å². The van der Waals surface area contributed by atoms with Gasteiger partial charge >= 0.3 is 10.1 Å². The van der Waals surface area contributed by atoms with Crippen LogP contribution in [0.5, 0.6) is 5.75 Å². The number of nitrogens with zero attached hydrogens (tertiary/aromatic N) is 1. The quantitative estimate of drug-likeness (QED) is 0.399. The lowest BCUT2D eigenvalue weighted by atomic mass is 9.88. The molecule has 190 valence electrons. The van der Waals surface area contributed by atoms with E-state index in [1.807, 2.05) is 0 Å². The van der Waals surface area contributed by atoms with E-state index in [1.165, 1.54) is 18.2 Å². The Morgan fingerprint density at radius 3 is 2.60 bits per heavy atom. The number of piperazine rings is 1. The molecular weight excluding hydrogens is 476 g/mol. The van der Waals surface area contributed by atoms with Crippen LogP contribution in [0.4, 0.5) is 8.78 Å². The maximum atomic E-state index is 14.0. The van der Waals surface area contributed by atoms with Crippen molar-refractivity contribution in [1.82, 2.24) is 15.5 Å². The SMILES string of the molecule is O=C(c1cccc(OS(=O)(=O)c2cccc(F)c2F)c1)C1CCN(CCCC2CNCCN2)CC1. The maximum Gasteiger partial charge on any atom is 0.342 e. The zero-order chi connectivity index (χ0) is 24.8. The molecule has 35 heavy (non-hydrogen) atoms. The minimum Gasteiger partial charge on any atom is -0.379 e. The third kappa shape index (κ3) is 6.63. The Labute approximate surface area is 205 Å². The van der Waals surface area contributed by atoms with Crippen LogP contribution in [0, 0.1) is 17.6 Å². The molecule has 2 aliphatic rings. The van der Waals surface area contributed by atoms with Crippen LogP contribution in [0.3, 0.4) is 0 Å². The summed E-state index contributed by atoms with van der Waals surface area (Å²) in [5.41, 5.74) is 0.340. The van der Waals surface area contributed by atoms with E-state index >= 15 is 0 Å². The highest BCUT2D eigenvalue weighted by atomic mass is 32.2. The molecular formula is C25H31F2N3O4S. The van der Waals surface area contributed by atoms with E-state index in [4.69, 9.17) is 4.18 Å². The van der Waals surface area contributed by atoms with Gasteiger partial charge in [-0.1, -0.05) is 18.2 Å². The molecule has 2 aliphatic heterocycles. The van der Waals surface area contributed by atoms with E-state index in [0.717, 1.165) is 83.2 Å². The van der Waals surface area contributed by atoms with Crippen molar-refractivity contribution in [2.45, 2.75) is 36.6 Å². The zero-order valence-electron chi connectivity index (χ0n) is 19.5. The van der Waals surface area contributed by atoms with Gasteiger partial charge in [0.25, 0.3) is 0 Å². The lowest BCUT2D eigenvalue weighted by molar-refractivity contribution is 0.0838. The standard InChI is InChI=1S/C25H31F2N3O4S/c26-22-7-2-8-23(24(22)27)35(32,33)34-21-6-1-4-19(16-21)25(31)18-9-14-30(15-10-18)13-3-5-20-17-28-11-12-29-20/h1-2,4,6-8,16,18,20,28-29H,3,5,9-15,17H2. The van der Waals surface area contributed by atoms with Gasteiger partial charge in [-0.25, -0.2) is 8.78 Å². The number of rotatable bonds is 9. The van der Waals surface area contributed by atoms with Crippen molar-refractivity contribution in [2.75, 3.05) is 39.3 Å². The number of benzene rings is 2. The summed E-state index contributed by atoms with van der Waals surface area (Å²) < 4.78 is 57.3. The van der Waals surface area contributed by atoms with Gasteiger partial charge in [-0.2, -0.15) is 8.42 Å². The molecule has 1 unspecified atom stereocenters. The predicted octanol–water partition coefficient (Wildman–Crippen LogP) is 2.97. The van der Waals surface area contributed by atoms with Gasteiger partial charge in [-0.3, -0.25) is 4.79 Å². The smallest absolute Gasteiger partial charge is 0.342 e. The number of nitrogens with one attached hydrogen (secondary N) is 2. The van der Waals surface area contributed by atoms with Crippen LogP contribution in [0.1, 0.15) is 36.0 Å². The Hall–Kier alpha value is -2.40. The van der Waals surface area contributed by atoms with E-state index in [1.54, 1.807) is 6.07 Å². The number of halogens is 2. The molecule has 2 heterocycles. The highest BCUT2D eigenvalue weighted by Crippen LogP contribution is 2.26. The Balaban J connectivity index is 1.31. The predicted molar refractivity (Wildman–Crippen MR) is 128 cm³/mol. The van der Waals surface area contributed by atoms with E-state index in [9.17, 15) is 22.0 Å². The molecule has 4 rings (SSSR count). The van der Waals surface area contributed by atoms with E-state index in [-0.39, 0.29) is 17.5 Å². The Bertz CT molecular complexity index is 1130. The van der Waals surface area contributed by atoms with Crippen LogP contribution >= 0.6 is 0 Å². The summed E-state index contributed by atoms with van der Waals surface area (Å²) in [7, 11) is -4.60. The molecule has 0 amide bonds. The fraction of sp³-hybridized carbons (Fsp3) is 0.480. The molecule has 0 saturated carbocycles. The minimum absolute atomic E-state index is 0.0677. The average molecular weight is 508 g/mol. The van der Waals surface area contributed by atoms with Crippen LogP contribution < -0.4 is 14.8 Å². The van der Waals surface area contributed by atoms with Gasteiger partial charge in [-0.15, -0.1) is 0 Å². The van der Waals surface area contributed by atoms with Gasteiger partial charge in [0.05, 0.1) is 0 Å². The monoisotopic (exact) mass is 507 g/mol. The molecule has 2 saturated heterocycles. The van der Waals surface area contributed by atoms with Crippen LogP contribution in [0.15, 0.2) is 47.4 Å². The number of piperidine rings is 1. The fourth-order valence-corrected chi connectivity index (χ4v) is 5.69. The van der Waals surface area contributed by atoms with Gasteiger partial charge in [0.15, 0.2) is 17.4 Å². The third-order valence-electron chi connectivity index (χ3n) is 6.62. The minimum atomic E-state index is -4.60. The first-order chi connectivity index (χ1) is 16.8. The summed E-state index contributed by atoms with van der Waals surface area (Å²) in [5, 5.41) is 6.92. The summed E-state index contributed by atoms with van der Waals surface area (Å²) >= 11 is 0. The number of ketones is 1. The van der Waals surface area contributed by atoms with Gasteiger partial charge < -0.3 is 19.7 Å². The summed E-state index contributed by atoms with van der Waals surface area (Å²) in [6, 6.07) is 9.21. The maximum absolute atomic E-state index is 14.0. The van der Waals surface area contributed by atoms with Gasteiger partial charge in [0.2, 0.25) is 0 Å². The van der Waals surface area contributed by atoms with E-state index in [2.05, 4.69) is 15.5 Å². The van der Waals surface area contributed by atoms with Crippen molar-refractivity contribution in [2.24, 2.45) is 5.92 Å². The number of carbonyl (C=O) groups excluding carboxylic acids is 1. The molecule has 0 radical (unpaired) electrons. The third-order valence-corrected chi connectivity index (χ3v) is 7.89. The second-order valence-electron chi connectivity index (χ2n) is 9.09. The molecule has 0 aliphatic carbocycles. The fourth-order valence-electron chi connectivity index (χ4n) is 4.68. The molecule has 10 heteroatoms. The van der Waals surface area contributed by atoms with Crippen LogP contribution in [0.25, 0.3) is 0 Å². The van der Waals surface area contributed by atoms with Gasteiger partial charge in [0.1, 0.15) is 10.6 Å². The van der Waals surface area contributed by atoms with E-state index in [0.29, 0.717) is 11.6 Å². The average Bonchev–Trinajstić information content (AvgIpc) is 2.86. The van der Waals surface area contributed by atoms with Crippen LogP contribution in [-0.2, 0) is 10.1 Å². The second-order valence-corrected chi connectivity index (χ2v) is 10.6. The first-order valence-corrected chi connectivity index (χ1v) is 13.4. The molecule has 2 aromatic rings. The van der Waals surface area contributed by atoms with Crippen molar-refractivity contribution in [3.8, 4) is 5.75 Å². The van der Waals surface area contributed by atoms with Crippen LogP contribution in [0.2, 0.25) is 0 Å². The Morgan fingerprint density at radius 1 is 1.09 bits per heavy atom. The highest BCUT2D eigenvalue weighted by Gasteiger charge is 2.27. The lowest BCUT2D eigenvalue weighted by Gasteiger charge is -2.32. The molecule has 2 N–H and O–H groups in total. The first-order valence-electron chi connectivity index (χ1n) is 12.0. The van der Waals surface area contributed by atoms with Gasteiger partial charge in [-0.05, 0) is 69.6 Å². The number of carbonyl (C=O) groups is 1. The molecule has 0 spiro atoms. The van der Waals surface area contributed by atoms with Crippen molar-refractivity contribution in [3.63, 3.8) is 0 Å². The zero-order valence-corrected chi connectivity index (χ0v) is 20.3. The number of hydrogen-bond acceptors (Lipinski definition) is 7. The summed E-state index contributed by atoms with van der Waals surface area (Å²) in [5.74, 6) is -3.13. The summed E-state index contributed by atoms with van der Waals surface area (Å²) in [6.07, 6.45) is 3.71. The van der Waals surface area contributed by atoms with Crippen molar-refractivity contribution < 1.29 is 26.2 Å². The lowest BCUT2D eigenvalue weighted by Crippen LogP contribution is -2.48. The summed E-state index contributed by atoms with van der Waals surface area (Å²) in [4.78, 5) is 14.6. The normalized spacial score (nSPS) is 20.0. The number of likely N-dealkylation sites (tertiary alicyclic amines) is 1. The number of hydrogen-bond donors (Lipinski definition) is 2. The molecule has 1 atom stereocenters. The molecule has 0 bridgehead atoms.